The average Bonchev–Trinajstić information content (AvgIpc) is 2.40. The smallest absolute Gasteiger partial charge is 0.147 e. The van der Waals surface area contributed by atoms with Gasteiger partial charge in [-0.1, -0.05) is 19.8 Å². The fraction of sp³-hybridized carbons (Fsp3) is 1.00. The van der Waals surface area contributed by atoms with E-state index in [-0.39, 0.29) is 0 Å². The van der Waals surface area contributed by atoms with Crippen LogP contribution in [0.1, 0.15) is 51.9 Å². The van der Waals surface area contributed by atoms with E-state index in [2.05, 4.69) is 12.2 Å². The molecular formula is C14H27NO2. The van der Waals surface area contributed by atoms with Gasteiger partial charge >= 0.3 is 0 Å². The molecule has 17 heavy (non-hydrogen) atoms. The van der Waals surface area contributed by atoms with Gasteiger partial charge in [-0.25, -0.2) is 0 Å². The van der Waals surface area contributed by atoms with Crippen LogP contribution in [0.3, 0.4) is 0 Å². The predicted octanol–water partition coefficient (Wildman–Crippen LogP) is 2.70. The second-order valence-corrected chi connectivity index (χ2v) is 5.52. The Bertz CT molecular complexity index is 196. The summed E-state index contributed by atoms with van der Waals surface area (Å²) in [4.78, 5) is 0. The highest BCUT2D eigenvalue weighted by Crippen LogP contribution is 2.27. The molecule has 3 heteroatoms. The highest BCUT2D eigenvalue weighted by atomic mass is 16.7. The van der Waals surface area contributed by atoms with Crippen molar-refractivity contribution in [3.63, 3.8) is 0 Å². The lowest BCUT2D eigenvalue weighted by Crippen LogP contribution is -2.40. The Kier molecular flexibility index (Phi) is 5.75. The van der Waals surface area contributed by atoms with Crippen molar-refractivity contribution in [2.75, 3.05) is 19.9 Å². The van der Waals surface area contributed by atoms with E-state index >= 15 is 0 Å². The first-order chi connectivity index (χ1) is 8.38. The monoisotopic (exact) mass is 241 g/mol. The molecule has 1 aliphatic heterocycles. The van der Waals surface area contributed by atoms with Gasteiger partial charge in [0, 0.05) is 12.6 Å². The second kappa shape index (κ2) is 7.34. The van der Waals surface area contributed by atoms with Crippen LogP contribution in [0.5, 0.6) is 0 Å². The number of hydrogen-bond acceptors (Lipinski definition) is 3. The molecule has 100 valence electrons. The normalized spacial score (nSPS) is 34.8. The van der Waals surface area contributed by atoms with Crippen molar-refractivity contribution in [3.05, 3.63) is 0 Å². The summed E-state index contributed by atoms with van der Waals surface area (Å²) in [6, 6.07) is 0.731. The maximum absolute atomic E-state index is 5.54. The van der Waals surface area contributed by atoms with Crippen LogP contribution in [0, 0.1) is 5.92 Å². The van der Waals surface area contributed by atoms with Crippen molar-refractivity contribution in [2.45, 2.75) is 64.0 Å². The molecule has 1 unspecified atom stereocenters. The number of rotatable bonds is 5. The number of hydrogen-bond donors (Lipinski definition) is 1. The lowest BCUT2D eigenvalue weighted by Gasteiger charge is -2.31. The molecule has 1 saturated heterocycles. The summed E-state index contributed by atoms with van der Waals surface area (Å²) in [6.45, 7) is 4.64. The molecule has 1 heterocycles. The van der Waals surface area contributed by atoms with Crippen LogP contribution in [0.2, 0.25) is 0 Å². The van der Waals surface area contributed by atoms with E-state index in [9.17, 15) is 0 Å². The Morgan fingerprint density at radius 2 is 1.94 bits per heavy atom. The molecule has 0 amide bonds. The van der Waals surface area contributed by atoms with Gasteiger partial charge in [-0.15, -0.1) is 0 Å². The third-order valence-corrected chi connectivity index (χ3v) is 4.15. The van der Waals surface area contributed by atoms with Crippen molar-refractivity contribution in [3.8, 4) is 0 Å². The standard InChI is InChI=1S/C14H27NO2/c1-2-3-12-4-6-13(7-5-12)15-10-14-8-9-16-11-17-14/h12-15H,2-11H2,1H3. The lowest BCUT2D eigenvalue weighted by atomic mass is 9.83. The van der Waals surface area contributed by atoms with Gasteiger partial charge in [0.25, 0.3) is 0 Å². The topological polar surface area (TPSA) is 30.5 Å². The van der Waals surface area contributed by atoms with Gasteiger partial charge in [-0.05, 0) is 38.0 Å². The zero-order valence-electron chi connectivity index (χ0n) is 11.1. The summed E-state index contributed by atoms with van der Waals surface area (Å²) < 4.78 is 10.7. The van der Waals surface area contributed by atoms with Crippen molar-refractivity contribution in [1.82, 2.24) is 5.32 Å². The first-order valence-corrected chi connectivity index (χ1v) is 7.31. The molecule has 1 aliphatic carbocycles. The Morgan fingerprint density at radius 3 is 2.59 bits per heavy atom. The molecule has 2 rings (SSSR count). The number of ether oxygens (including phenoxy) is 2. The van der Waals surface area contributed by atoms with E-state index in [0.29, 0.717) is 12.9 Å². The Morgan fingerprint density at radius 1 is 1.12 bits per heavy atom. The van der Waals surface area contributed by atoms with Crippen LogP contribution in [-0.2, 0) is 9.47 Å². The molecule has 2 aliphatic rings. The minimum atomic E-state index is 0.372. The average molecular weight is 241 g/mol. The molecule has 1 N–H and O–H groups in total. The zero-order valence-corrected chi connectivity index (χ0v) is 11.1. The fourth-order valence-corrected chi connectivity index (χ4v) is 3.02. The summed E-state index contributed by atoms with van der Waals surface area (Å²) in [5, 5.41) is 3.67. The number of nitrogens with one attached hydrogen (secondary N) is 1. The Balaban J connectivity index is 1.57. The molecular weight excluding hydrogens is 214 g/mol. The lowest BCUT2D eigenvalue weighted by molar-refractivity contribution is -0.137. The highest BCUT2D eigenvalue weighted by molar-refractivity contribution is 4.78. The van der Waals surface area contributed by atoms with E-state index in [1.807, 2.05) is 0 Å². The van der Waals surface area contributed by atoms with Gasteiger partial charge in [0.15, 0.2) is 0 Å². The third-order valence-electron chi connectivity index (χ3n) is 4.15. The Labute approximate surface area is 105 Å². The van der Waals surface area contributed by atoms with Crippen LogP contribution >= 0.6 is 0 Å². The van der Waals surface area contributed by atoms with Gasteiger partial charge in [-0.2, -0.15) is 0 Å². The molecule has 0 spiro atoms. The van der Waals surface area contributed by atoms with E-state index in [4.69, 9.17) is 9.47 Å². The fourth-order valence-electron chi connectivity index (χ4n) is 3.02. The molecule has 0 aromatic rings. The van der Waals surface area contributed by atoms with E-state index < -0.39 is 0 Å². The third kappa shape index (κ3) is 4.57. The summed E-state index contributed by atoms with van der Waals surface area (Å²) in [7, 11) is 0. The minimum absolute atomic E-state index is 0.372. The van der Waals surface area contributed by atoms with Gasteiger partial charge in [-0.3, -0.25) is 0 Å². The van der Waals surface area contributed by atoms with Crippen LogP contribution in [-0.4, -0.2) is 32.1 Å². The highest BCUT2D eigenvalue weighted by Gasteiger charge is 2.21. The second-order valence-electron chi connectivity index (χ2n) is 5.52. The zero-order chi connectivity index (χ0) is 11.9. The summed E-state index contributed by atoms with van der Waals surface area (Å²) >= 11 is 0. The molecule has 0 aromatic carbocycles. The molecule has 1 saturated carbocycles. The van der Waals surface area contributed by atoms with Crippen LogP contribution in [0.4, 0.5) is 0 Å². The van der Waals surface area contributed by atoms with Crippen molar-refractivity contribution < 1.29 is 9.47 Å². The minimum Gasteiger partial charge on any atom is -0.355 e. The molecule has 3 nitrogen and oxygen atoms in total. The first-order valence-electron chi connectivity index (χ1n) is 7.31. The van der Waals surface area contributed by atoms with Gasteiger partial charge < -0.3 is 14.8 Å². The largest absolute Gasteiger partial charge is 0.355 e. The Hall–Kier alpha value is -0.120. The SMILES string of the molecule is CCCC1CCC(NCC2CCOCO2)CC1. The predicted molar refractivity (Wildman–Crippen MR) is 69.0 cm³/mol. The molecule has 1 atom stereocenters. The summed E-state index contributed by atoms with van der Waals surface area (Å²) in [5.41, 5.74) is 0. The summed E-state index contributed by atoms with van der Waals surface area (Å²) in [6.07, 6.45) is 9.73. The maximum Gasteiger partial charge on any atom is 0.147 e. The van der Waals surface area contributed by atoms with Gasteiger partial charge in [0.2, 0.25) is 0 Å². The van der Waals surface area contributed by atoms with E-state index in [0.717, 1.165) is 31.5 Å². The molecule has 0 radical (unpaired) electrons. The first kappa shape index (κ1) is 13.3. The van der Waals surface area contributed by atoms with Crippen molar-refractivity contribution >= 4 is 0 Å². The van der Waals surface area contributed by atoms with E-state index in [1.54, 1.807) is 0 Å². The van der Waals surface area contributed by atoms with Gasteiger partial charge in [0.05, 0.1) is 12.7 Å². The molecule has 0 aromatic heterocycles. The molecule has 2 fully saturated rings. The van der Waals surface area contributed by atoms with Gasteiger partial charge in [0.1, 0.15) is 6.79 Å². The quantitative estimate of drug-likeness (QED) is 0.803. The summed E-state index contributed by atoms with van der Waals surface area (Å²) in [5.74, 6) is 0.998. The van der Waals surface area contributed by atoms with Crippen molar-refractivity contribution in [1.29, 1.82) is 0 Å². The van der Waals surface area contributed by atoms with Crippen molar-refractivity contribution in [2.24, 2.45) is 5.92 Å². The maximum atomic E-state index is 5.54. The van der Waals surface area contributed by atoms with E-state index in [1.165, 1.54) is 38.5 Å². The van der Waals surface area contributed by atoms with Crippen LogP contribution in [0.15, 0.2) is 0 Å². The molecule has 0 bridgehead atoms. The van der Waals surface area contributed by atoms with Crippen LogP contribution in [0.25, 0.3) is 0 Å². The van der Waals surface area contributed by atoms with Crippen LogP contribution < -0.4 is 5.32 Å².